The molecule has 20 heavy (non-hydrogen) atoms. The molecule has 1 atom stereocenters. The number of hydrogen-bond acceptors (Lipinski definition) is 4. The van der Waals surface area contributed by atoms with Crippen LogP contribution in [0.25, 0.3) is 0 Å². The number of rotatable bonds is 6. The van der Waals surface area contributed by atoms with Crippen LogP contribution in [0.1, 0.15) is 41.0 Å². The molecule has 0 amide bonds. The minimum atomic E-state index is -0.373. The Bertz CT molecular complexity index is 425. The average molecular weight is 280 g/mol. The Kier molecular flexibility index (Phi) is 5.69. The van der Waals surface area contributed by atoms with Crippen molar-refractivity contribution in [3.63, 3.8) is 0 Å². The number of nitrogens with two attached hydrogens (primary N) is 1. The minimum absolute atomic E-state index is 0.0824. The summed E-state index contributed by atoms with van der Waals surface area (Å²) in [5, 5.41) is 13.2. The van der Waals surface area contributed by atoms with Crippen LogP contribution in [0.3, 0.4) is 0 Å². The number of anilines is 2. The molecule has 1 aromatic carbocycles. The van der Waals surface area contributed by atoms with E-state index in [0.29, 0.717) is 18.0 Å². The Labute approximate surface area is 122 Å². The molecular weight excluding hydrogens is 252 g/mol. The third kappa shape index (κ3) is 6.15. The summed E-state index contributed by atoms with van der Waals surface area (Å²) < 4.78 is 5.65. The van der Waals surface area contributed by atoms with Crippen LogP contribution < -0.4 is 15.8 Å². The molecule has 4 nitrogen and oxygen atoms in total. The summed E-state index contributed by atoms with van der Waals surface area (Å²) >= 11 is 0. The van der Waals surface area contributed by atoms with Crippen molar-refractivity contribution in [1.82, 2.24) is 0 Å². The quantitative estimate of drug-likeness (QED) is 0.700. The largest absolute Gasteiger partial charge is 0.489 e. The summed E-state index contributed by atoms with van der Waals surface area (Å²) in [4.78, 5) is 0. The van der Waals surface area contributed by atoms with Crippen molar-refractivity contribution in [3.05, 3.63) is 18.2 Å². The smallest absolute Gasteiger partial charge is 0.144 e. The Morgan fingerprint density at radius 2 is 1.95 bits per heavy atom. The standard InChI is InChI=1S/C16H28N2O2/c1-11(2)20-15-8-12(6-7-14(15)17)18-10-13(19)9-16(3,4)5/h6-8,11,13,18-19H,9-10,17H2,1-5H3. The van der Waals surface area contributed by atoms with E-state index >= 15 is 0 Å². The highest BCUT2D eigenvalue weighted by Gasteiger charge is 2.16. The Hall–Kier alpha value is -1.42. The SMILES string of the molecule is CC(C)Oc1cc(NCC(O)CC(C)(C)C)ccc1N. The maximum Gasteiger partial charge on any atom is 0.144 e. The van der Waals surface area contributed by atoms with Gasteiger partial charge in [0.15, 0.2) is 0 Å². The van der Waals surface area contributed by atoms with Gasteiger partial charge in [0.25, 0.3) is 0 Å². The first-order chi connectivity index (χ1) is 9.17. The van der Waals surface area contributed by atoms with Crippen LogP contribution in [0.15, 0.2) is 18.2 Å². The lowest BCUT2D eigenvalue weighted by molar-refractivity contribution is 0.132. The van der Waals surface area contributed by atoms with Crippen LogP contribution in [-0.4, -0.2) is 23.9 Å². The van der Waals surface area contributed by atoms with Gasteiger partial charge in [-0.1, -0.05) is 20.8 Å². The molecule has 1 unspecified atom stereocenters. The number of aliphatic hydroxyl groups excluding tert-OH is 1. The van der Waals surface area contributed by atoms with Crippen LogP contribution in [0.4, 0.5) is 11.4 Å². The second kappa shape index (κ2) is 6.84. The maximum atomic E-state index is 10.00. The molecule has 1 rings (SSSR count). The average Bonchev–Trinajstić information content (AvgIpc) is 2.27. The highest BCUT2D eigenvalue weighted by Crippen LogP contribution is 2.27. The van der Waals surface area contributed by atoms with E-state index < -0.39 is 0 Å². The van der Waals surface area contributed by atoms with Gasteiger partial charge in [0, 0.05) is 18.3 Å². The second-order valence-electron chi connectivity index (χ2n) is 6.72. The van der Waals surface area contributed by atoms with Crippen molar-refractivity contribution in [3.8, 4) is 5.75 Å². The fraction of sp³-hybridized carbons (Fsp3) is 0.625. The Morgan fingerprint density at radius 3 is 2.50 bits per heavy atom. The van der Waals surface area contributed by atoms with Gasteiger partial charge in [-0.3, -0.25) is 0 Å². The highest BCUT2D eigenvalue weighted by molar-refractivity contribution is 5.61. The second-order valence-corrected chi connectivity index (χ2v) is 6.72. The molecule has 0 aliphatic carbocycles. The van der Waals surface area contributed by atoms with Crippen molar-refractivity contribution < 1.29 is 9.84 Å². The van der Waals surface area contributed by atoms with Crippen molar-refractivity contribution >= 4 is 11.4 Å². The van der Waals surface area contributed by atoms with Gasteiger partial charge >= 0.3 is 0 Å². The lowest BCUT2D eigenvalue weighted by Gasteiger charge is -2.23. The van der Waals surface area contributed by atoms with E-state index in [4.69, 9.17) is 10.5 Å². The predicted molar refractivity (Wildman–Crippen MR) is 85.2 cm³/mol. The number of ether oxygens (including phenoxy) is 1. The molecular formula is C16H28N2O2. The van der Waals surface area contributed by atoms with Crippen LogP contribution in [0.2, 0.25) is 0 Å². The summed E-state index contributed by atoms with van der Waals surface area (Å²) in [5.41, 5.74) is 7.52. The summed E-state index contributed by atoms with van der Waals surface area (Å²) in [6.07, 6.45) is 0.464. The van der Waals surface area contributed by atoms with Gasteiger partial charge in [0.2, 0.25) is 0 Å². The van der Waals surface area contributed by atoms with E-state index in [2.05, 4.69) is 26.1 Å². The summed E-state index contributed by atoms with van der Waals surface area (Å²) in [6, 6.07) is 5.58. The zero-order valence-electron chi connectivity index (χ0n) is 13.2. The molecule has 0 heterocycles. The zero-order valence-corrected chi connectivity index (χ0v) is 13.2. The molecule has 114 valence electrons. The van der Waals surface area contributed by atoms with Gasteiger partial charge in [-0.25, -0.2) is 0 Å². The fourth-order valence-electron chi connectivity index (χ4n) is 2.02. The van der Waals surface area contributed by atoms with E-state index in [1.165, 1.54) is 0 Å². The molecule has 0 spiro atoms. The first-order valence-corrected chi connectivity index (χ1v) is 7.15. The van der Waals surface area contributed by atoms with Gasteiger partial charge in [-0.05, 0) is 37.8 Å². The number of nitrogens with one attached hydrogen (secondary N) is 1. The van der Waals surface area contributed by atoms with Crippen molar-refractivity contribution in [1.29, 1.82) is 0 Å². The normalized spacial score (nSPS) is 13.3. The molecule has 0 aliphatic rings. The number of benzene rings is 1. The number of nitrogen functional groups attached to an aromatic ring is 1. The highest BCUT2D eigenvalue weighted by atomic mass is 16.5. The zero-order chi connectivity index (χ0) is 15.3. The molecule has 0 fully saturated rings. The maximum absolute atomic E-state index is 10.00. The first-order valence-electron chi connectivity index (χ1n) is 7.15. The molecule has 4 N–H and O–H groups in total. The monoisotopic (exact) mass is 280 g/mol. The molecule has 1 aromatic rings. The van der Waals surface area contributed by atoms with Gasteiger partial charge in [-0.15, -0.1) is 0 Å². The lowest BCUT2D eigenvalue weighted by Crippen LogP contribution is -2.25. The van der Waals surface area contributed by atoms with Gasteiger partial charge < -0.3 is 20.9 Å². The fourth-order valence-corrected chi connectivity index (χ4v) is 2.02. The molecule has 0 aliphatic heterocycles. The lowest BCUT2D eigenvalue weighted by atomic mass is 9.89. The number of aliphatic hydroxyl groups is 1. The Morgan fingerprint density at radius 1 is 1.30 bits per heavy atom. The summed E-state index contributed by atoms with van der Waals surface area (Å²) in [7, 11) is 0. The minimum Gasteiger partial charge on any atom is -0.489 e. The van der Waals surface area contributed by atoms with Gasteiger partial charge in [-0.2, -0.15) is 0 Å². The molecule has 0 saturated carbocycles. The Balaban J connectivity index is 2.60. The third-order valence-corrected chi connectivity index (χ3v) is 2.77. The van der Waals surface area contributed by atoms with Crippen LogP contribution in [-0.2, 0) is 0 Å². The predicted octanol–water partition coefficient (Wildman–Crippen LogP) is 3.27. The molecule has 4 heteroatoms. The summed E-state index contributed by atoms with van der Waals surface area (Å²) in [5.74, 6) is 0.676. The topological polar surface area (TPSA) is 67.5 Å². The van der Waals surface area contributed by atoms with Crippen molar-refractivity contribution in [2.24, 2.45) is 5.41 Å². The van der Waals surface area contributed by atoms with Crippen molar-refractivity contribution in [2.75, 3.05) is 17.6 Å². The summed E-state index contributed by atoms with van der Waals surface area (Å²) in [6.45, 7) is 10.8. The molecule has 0 aromatic heterocycles. The molecule has 0 bridgehead atoms. The van der Waals surface area contributed by atoms with Crippen molar-refractivity contribution in [2.45, 2.75) is 53.2 Å². The van der Waals surface area contributed by atoms with E-state index in [-0.39, 0.29) is 17.6 Å². The van der Waals surface area contributed by atoms with E-state index in [9.17, 15) is 5.11 Å². The van der Waals surface area contributed by atoms with Crippen LogP contribution in [0.5, 0.6) is 5.75 Å². The van der Waals surface area contributed by atoms with Gasteiger partial charge in [0.05, 0.1) is 17.9 Å². The number of hydrogen-bond donors (Lipinski definition) is 3. The van der Waals surface area contributed by atoms with Crippen LogP contribution in [0, 0.1) is 5.41 Å². The van der Waals surface area contributed by atoms with E-state index in [1.54, 1.807) is 0 Å². The molecule has 0 saturated heterocycles. The third-order valence-electron chi connectivity index (χ3n) is 2.77. The van der Waals surface area contributed by atoms with Crippen LogP contribution >= 0.6 is 0 Å². The first kappa shape index (κ1) is 16.6. The van der Waals surface area contributed by atoms with Gasteiger partial charge in [0.1, 0.15) is 5.75 Å². The molecule has 0 radical (unpaired) electrons. The van der Waals surface area contributed by atoms with E-state index in [0.717, 1.165) is 12.1 Å². The van der Waals surface area contributed by atoms with E-state index in [1.807, 2.05) is 32.0 Å².